The van der Waals surface area contributed by atoms with Gasteiger partial charge in [0.25, 0.3) is 8.32 Å². The van der Waals surface area contributed by atoms with Crippen LogP contribution in [-0.2, 0) is 9.16 Å². The lowest BCUT2D eigenvalue weighted by Gasteiger charge is -2.43. The SMILES string of the molecule is C[C@H]1CC[C@@H](CCO)O[C@@H]1CCO[Si](c1ccccc1)(c1ccccc1)C(C)(C)C. The maximum absolute atomic E-state index is 9.30. The van der Waals surface area contributed by atoms with Crippen molar-refractivity contribution in [1.82, 2.24) is 0 Å². The summed E-state index contributed by atoms with van der Waals surface area (Å²) in [6.07, 6.45) is 4.23. The summed E-state index contributed by atoms with van der Waals surface area (Å²) in [5, 5.41) is 11.9. The Morgan fingerprint density at radius 3 is 2.00 bits per heavy atom. The maximum atomic E-state index is 9.30. The van der Waals surface area contributed by atoms with E-state index in [1.807, 2.05) is 0 Å². The van der Waals surface area contributed by atoms with E-state index in [9.17, 15) is 5.11 Å². The van der Waals surface area contributed by atoms with Crippen molar-refractivity contribution in [3.63, 3.8) is 0 Å². The van der Waals surface area contributed by atoms with E-state index in [1.54, 1.807) is 0 Å². The molecular formula is C26H38O3Si. The fourth-order valence-corrected chi connectivity index (χ4v) is 9.46. The number of aliphatic hydroxyl groups is 1. The molecule has 4 heteroatoms. The van der Waals surface area contributed by atoms with Crippen molar-refractivity contribution >= 4 is 18.7 Å². The second-order valence-corrected chi connectivity index (χ2v) is 14.0. The van der Waals surface area contributed by atoms with Gasteiger partial charge in [0.1, 0.15) is 0 Å². The van der Waals surface area contributed by atoms with Crippen molar-refractivity contribution in [2.45, 2.75) is 70.6 Å². The van der Waals surface area contributed by atoms with E-state index in [0.29, 0.717) is 12.5 Å². The summed E-state index contributed by atoms with van der Waals surface area (Å²) < 4.78 is 13.3. The molecule has 3 nitrogen and oxygen atoms in total. The molecule has 2 aromatic rings. The molecule has 0 saturated carbocycles. The molecule has 1 aliphatic heterocycles. The first-order valence-corrected chi connectivity index (χ1v) is 13.3. The van der Waals surface area contributed by atoms with Gasteiger partial charge in [-0.3, -0.25) is 0 Å². The Morgan fingerprint density at radius 2 is 1.50 bits per heavy atom. The lowest BCUT2D eigenvalue weighted by Crippen LogP contribution is -2.66. The van der Waals surface area contributed by atoms with Gasteiger partial charge in [0.05, 0.1) is 12.2 Å². The molecule has 1 heterocycles. The second kappa shape index (κ2) is 10.2. The lowest BCUT2D eigenvalue weighted by molar-refractivity contribution is -0.0922. The van der Waals surface area contributed by atoms with Crippen LogP contribution in [0, 0.1) is 5.92 Å². The molecule has 1 saturated heterocycles. The summed E-state index contributed by atoms with van der Waals surface area (Å²) in [7, 11) is -2.48. The summed E-state index contributed by atoms with van der Waals surface area (Å²) in [6.45, 7) is 10.1. The van der Waals surface area contributed by atoms with Crippen molar-refractivity contribution in [1.29, 1.82) is 0 Å². The highest BCUT2D eigenvalue weighted by Gasteiger charge is 2.50. The van der Waals surface area contributed by atoms with Crippen LogP contribution in [0.25, 0.3) is 0 Å². The number of benzene rings is 2. The maximum Gasteiger partial charge on any atom is 0.261 e. The fourth-order valence-electron chi connectivity index (χ4n) is 4.88. The highest BCUT2D eigenvalue weighted by Crippen LogP contribution is 2.37. The van der Waals surface area contributed by atoms with Crippen LogP contribution in [0.1, 0.15) is 53.4 Å². The molecule has 1 fully saturated rings. The smallest absolute Gasteiger partial charge is 0.261 e. The number of rotatable bonds is 8. The third kappa shape index (κ3) is 5.05. The second-order valence-electron chi connectivity index (χ2n) is 9.66. The monoisotopic (exact) mass is 426 g/mol. The Hall–Kier alpha value is -1.46. The van der Waals surface area contributed by atoms with Crippen molar-refractivity contribution < 1.29 is 14.3 Å². The first kappa shape index (κ1) is 23.2. The van der Waals surface area contributed by atoms with Gasteiger partial charge in [0, 0.05) is 13.2 Å². The van der Waals surface area contributed by atoms with Crippen LogP contribution in [0.15, 0.2) is 60.7 Å². The van der Waals surface area contributed by atoms with Crippen molar-refractivity contribution in [2.24, 2.45) is 5.92 Å². The molecule has 0 amide bonds. The third-order valence-electron chi connectivity index (χ3n) is 6.53. The average Bonchev–Trinajstić information content (AvgIpc) is 2.74. The van der Waals surface area contributed by atoms with Gasteiger partial charge in [0.2, 0.25) is 0 Å². The molecule has 1 aliphatic rings. The quantitative estimate of drug-likeness (QED) is 0.631. The predicted molar refractivity (Wildman–Crippen MR) is 127 cm³/mol. The Kier molecular flexibility index (Phi) is 7.91. The molecule has 0 radical (unpaired) electrons. The molecule has 0 bridgehead atoms. The summed E-state index contributed by atoms with van der Waals surface area (Å²) in [4.78, 5) is 0. The van der Waals surface area contributed by atoms with Gasteiger partial charge in [0.15, 0.2) is 0 Å². The van der Waals surface area contributed by atoms with E-state index in [2.05, 4.69) is 88.4 Å². The third-order valence-corrected chi connectivity index (χ3v) is 11.6. The van der Waals surface area contributed by atoms with Gasteiger partial charge in [-0.15, -0.1) is 0 Å². The van der Waals surface area contributed by atoms with Gasteiger partial charge in [-0.05, 0) is 47.0 Å². The topological polar surface area (TPSA) is 38.7 Å². The normalized spacial score (nSPS) is 22.8. The van der Waals surface area contributed by atoms with Crippen LogP contribution in [0.2, 0.25) is 5.04 Å². The minimum Gasteiger partial charge on any atom is -0.407 e. The van der Waals surface area contributed by atoms with Crippen LogP contribution >= 0.6 is 0 Å². The van der Waals surface area contributed by atoms with Gasteiger partial charge < -0.3 is 14.3 Å². The van der Waals surface area contributed by atoms with Crippen LogP contribution in [0.4, 0.5) is 0 Å². The highest BCUT2D eigenvalue weighted by atomic mass is 28.4. The standard InChI is InChI=1S/C26H38O3Si/c1-21-15-16-22(17-19-27)29-25(21)18-20-28-30(26(2,3)4,23-11-7-5-8-12-23)24-13-9-6-10-14-24/h5-14,21-22,25,27H,15-20H2,1-4H3/t21-,22-,25+/m0/s1. The lowest BCUT2D eigenvalue weighted by atomic mass is 9.91. The molecule has 1 N–H and O–H groups in total. The summed E-state index contributed by atoms with van der Waals surface area (Å²) in [5.74, 6) is 0.530. The predicted octanol–water partition coefficient (Wildman–Crippen LogP) is 4.52. The Balaban J connectivity index is 1.85. The number of ether oxygens (including phenoxy) is 1. The zero-order chi connectivity index (χ0) is 21.6. The van der Waals surface area contributed by atoms with E-state index < -0.39 is 8.32 Å². The fraction of sp³-hybridized carbons (Fsp3) is 0.538. The van der Waals surface area contributed by atoms with E-state index in [4.69, 9.17) is 9.16 Å². The zero-order valence-electron chi connectivity index (χ0n) is 19.0. The first-order chi connectivity index (χ1) is 14.4. The van der Waals surface area contributed by atoms with E-state index in [1.165, 1.54) is 10.4 Å². The van der Waals surface area contributed by atoms with Crippen molar-refractivity contribution in [3.05, 3.63) is 60.7 Å². The number of aliphatic hydroxyl groups excluding tert-OH is 1. The molecule has 0 aliphatic carbocycles. The number of hydrogen-bond acceptors (Lipinski definition) is 3. The van der Waals surface area contributed by atoms with Crippen LogP contribution in [-0.4, -0.2) is 38.8 Å². The summed E-state index contributed by atoms with van der Waals surface area (Å²) in [5.41, 5.74) is 0. The van der Waals surface area contributed by atoms with Crippen molar-refractivity contribution in [3.8, 4) is 0 Å². The molecule has 0 unspecified atom stereocenters. The van der Waals surface area contributed by atoms with E-state index in [-0.39, 0.29) is 23.9 Å². The van der Waals surface area contributed by atoms with Crippen LogP contribution < -0.4 is 10.4 Å². The van der Waals surface area contributed by atoms with Gasteiger partial charge in [-0.25, -0.2) is 0 Å². The van der Waals surface area contributed by atoms with Crippen molar-refractivity contribution in [2.75, 3.05) is 13.2 Å². The minimum absolute atomic E-state index is 0.00579. The van der Waals surface area contributed by atoms with Crippen LogP contribution in [0.3, 0.4) is 0 Å². The molecular weight excluding hydrogens is 388 g/mol. The van der Waals surface area contributed by atoms with Gasteiger partial charge in [-0.1, -0.05) is 88.4 Å². The first-order valence-electron chi connectivity index (χ1n) is 11.4. The summed E-state index contributed by atoms with van der Waals surface area (Å²) in [6, 6.07) is 21.6. The Morgan fingerprint density at radius 1 is 0.933 bits per heavy atom. The zero-order valence-corrected chi connectivity index (χ0v) is 20.0. The van der Waals surface area contributed by atoms with Gasteiger partial charge >= 0.3 is 0 Å². The highest BCUT2D eigenvalue weighted by molar-refractivity contribution is 6.99. The Labute approximate surface area is 183 Å². The van der Waals surface area contributed by atoms with E-state index in [0.717, 1.165) is 25.7 Å². The Bertz CT molecular complexity index is 717. The summed E-state index contributed by atoms with van der Waals surface area (Å²) >= 11 is 0. The molecule has 0 aromatic heterocycles. The molecule has 0 spiro atoms. The van der Waals surface area contributed by atoms with E-state index >= 15 is 0 Å². The molecule has 30 heavy (non-hydrogen) atoms. The molecule has 164 valence electrons. The largest absolute Gasteiger partial charge is 0.407 e. The van der Waals surface area contributed by atoms with Crippen LogP contribution in [0.5, 0.6) is 0 Å². The number of hydrogen-bond donors (Lipinski definition) is 1. The van der Waals surface area contributed by atoms with Gasteiger partial charge in [-0.2, -0.15) is 0 Å². The molecule has 3 atom stereocenters. The average molecular weight is 427 g/mol. The molecule has 2 aromatic carbocycles. The molecule has 3 rings (SSSR count). The minimum atomic E-state index is -2.48.